The predicted octanol–water partition coefficient (Wildman–Crippen LogP) is 8.44. The molecule has 0 aromatic heterocycles. The molecule has 0 amide bonds. The molecule has 6 aliphatic rings. The molecule has 1 fully saturated rings. The SMILES string of the molecule is N#CC1CC=CCC1N1C2CCC=CC2C2CCC=C(c3cccc(N4C5=CC=CCC5c5ccccc54)c3)C21. The summed E-state index contributed by atoms with van der Waals surface area (Å²) in [4.78, 5) is 5.35. The number of fused-ring (bicyclic) bond motifs is 6. The van der Waals surface area contributed by atoms with E-state index >= 15 is 0 Å². The first-order valence-corrected chi connectivity index (χ1v) is 15.4. The highest BCUT2D eigenvalue weighted by Crippen LogP contribution is 2.54. The molecule has 4 aliphatic carbocycles. The lowest BCUT2D eigenvalue weighted by molar-refractivity contribution is 0.104. The summed E-state index contributed by atoms with van der Waals surface area (Å²) in [5, 5.41) is 10.2. The van der Waals surface area contributed by atoms with Crippen molar-refractivity contribution in [1.29, 1.82) is 5.26 Å². The van der Waals surface area contributed by atoms with E-state index in [0.29, 0.717) is 35.9 Å². The average Bonchev–Trinajstić information content (AvgIpc) is 3.54. The molecule has 40 heavy (non-hydrogen) atoms. The van der Waals surface area contributed by atoms with Crippen LogP contribution in [-0.2, 0) is 0 Å². The minimum Gasteiger partial charge on any atom is -0.313 e. The van der Waals surface area contributed by atoms with Crippen molar-refractivity contribution < 1.29 is 0 Å². The van der Waals surface area contributed by atoms with Gasteiger partial charge in [-0.1, -0.05) is 72.9 Å². The molecule has 0 bridgehead atoms. The Kier molecular flexibility index (Phi) is 5.92. The van der Waals surface area contributed by atoms with E-state index in [4.69, 9.17) is 0 Å². The highest BCUT2D eigenvalue weighted by Gasteiger charge is 2.53. The number of nitriles is 1. The van der Waals surface area contributed by atoms with E-state index in [2.05, 4.69) is 113 Å². The number of hydrogen-bond donors (Lipinski definition) is 0. The van der Waals surface area contributed by atoms with Gasteiger partial charge in [-0.15, -0.1) is 0 Å². The number of benzene rings is 2. The summed E-state index contributed by atoms with van der Waals surface area (Å²) >= 11 is 0. The van der Waals surface area contributed by atoms with Gasteiger partial charge < -0.3 is 4.90 Å². The van der Waals surface area contributed by atoms with E-state index in [0.717, 1.165) is 32.1 Å². The van der Waals surface area contributed by atoms with Gasteiger partial charge in [0.1, 0.15) is 0 Å². The van der Waals surface area contributed by atoms with Gasteiger partial charge in [-0.25, -0.2) is 0 Å². The van der Waals surface area contributed by atoms with E-state index in [1.165, 1.54) is 46.6 Å². The fourth-order valence-corrected chi connectivity index (χ4v) is 8.93. The van der Waals surface area contributed by atoms with Crippen molar-refractivity contribution in [1.82, 2.24) is 4.90 Å². The van der Waals surface area contributed by atoms with Gasteiger partial charge in [0.25, 0.3) is 0 Å². The maximum absolute atomic E-state index is 10.2. The second kappa shape index (κ2) is 9.79. The topological polar surface area (TPSA) is 30.3 Å². The summed E-state index contributed by atoms with van der Waals surface area (Å²) in [5.74, 6) is 1.74. The van der Waals surface area contributed by atoms with Gasteiger partial charge in [-0.2, -0.15) is 5.26 Å². The molecule has 8 rings (SSSR count). The van der Waals surface area contributed by atoms with Crippen molar-refractivity contribution in [3.05, 3.63) is 114 Å². The lowest BCUT2D eigenvalue weighted by atomic mass is 9.74. The highest BCUT2D eigenvalue weighted by atomic mass is 15.3. The van der Waals surface area contributed by atoms with Crippen molar-refractivity contribution in [2.45, 2.75) is 69.0 Å². The van der Waals surface area contributed by atoms with Gasteiger partial charge in [0, 0.05) is 41.1 Å². The second-order valence-electron chi connectivity index (χ2n) is 12.4. The van der Waals surface area contributed by atoms with Gasteiger partial charge in [0.15, 0.2) is 0 Å². The van der Waals surface area contributed by atoms with Crippen LogP contribution in [-0.4, -0.2) is 23.0 Å². The van der Waals surface area contributed by atoms with Crippen molar-refractivity contribution in [3.63, 3.8) is 0 Å². The van der Waals surface area contributed by atoms with Crippen molar-refractivity contribution >= 4 is 16.9 Å². The van der Waals surface area contributed by atoms with Crippen molar-refractivity contribution in [2.24, 2.45) is 17.8 Å². The average molecular weight is 524 g/mol. The summed E-state index contributed by atoms with van der Waals surface area (Å²) in [7, 11) is 0. The molecule has 0 saturated carbocycles. The van der Waals surface area contributed by atoms with Gasteiger partial charge in [-0.3, -0.25) is 4.90 Å². The summed E-state index contributed by atoms with van der Waals surface area (Å²) in [6.45, 7) is 0. The van der Waals surface area contributed by atoms with Crippen LogP contribution in [0.25, 0.3) is 5.57 Å². The fourth-order valence-electron chi connectivity index (χ4n) is 8.93. The van der Waals surface area contributed by atoms with Gasteiger partial charge >= 0.3 is 0 Å². The van der Waals surface area contributed by atoms with Crippen LogP contribution >= 0.6 is 0 Å². The first-order chi connectivity index (χ1) is 19.8. The molecule has 1 saturated heterocycles. The van der Waals surface area contributed by atoms with E-state index < -0.39 is 0 Å². The molecule has 200 valence electrons. The van der Waals surface area contributed by atoms with Crippen LogP contribution in [0.2, 0.25) is 0 Å². The maximum Gasteiger partial charge on any atom is 0.0675 e. The van der Waals surface area contributed by atoms with Crippen LogP contribution in [0.1, 0.15) is 62.0 Å². The normalized spacial score (nSPS) is 33.9. The third kappa shape index (κ3) is 3.66. The fraction of sp³-hybridized carbons (Fsp3) is 0.378. The number of hydrogen-bond acceptors (Lipinski definition) is 3. The van der Waals surface area contributed by atoms with Crippen molar-refractivity contribution in [2.75, 3.05) is 4.90 Å². The Morgan fingerprint density at radius 3 is 2.73 bits per heavy atom. The number of allylic oxidation sites excluding steroid dienone is 7. The lowest BCUT2D eigenvalue weighted by Gasteiger charge is -2.43. The van der Waals surface area contributed by atoms with Gasteiger partial charge in [0.05, 0.1) is 12.0 Å². The number of nitrogens with zero attached hydrogens (tertiary/aromatic N) is 3. The molecule has 0 radical (unpaired) electrons. The molecular formula is C37H37N3. The Morgan fingerprint density at radius 1 is 0.850 bits per heavy atom. The van der Waals surface area contributed by atoms with Crippen LogP contribution in [0, 0.1) is 29.1 Å². The first kappa shape index (κ1) is 24.2. The number of likely N-dealkylation sites (tertiary alicyclic amines) is 1. The zero-order chi connectivity index (χ0) is 26.6. The summed E-state index contributed by atoms with van der Waals surface area (Å²) in [5.41, 5.74) is 8.25. The Bertz CT molecular complexity index is 1520. The first-order valence-electron chi connectivity index (χ1n) is 15.4. The third-order valence-corrected chi connectivity index (χ3v) is 10.5. The van der Waals surface area contributed by atoms with Gasteiger partial charge in [-0.05, 0) is 97.8 Å². The summed E-state index contributed by atoms with van der Waals surface area (Å²) in [6.07, 6.45) is 26.6. The predicted molar refractivity (Wildman–Crippen MR) is 163 cm³/mol. The Hall–Kier alpha value is -3.61. The lowest BCUT2D eigenvalue weighted by Crippen LogP contribution is -2.50. The zero-order valence-corrected chi connectivity index (χ0v) is 23.1. The molecule has 2 aromatic carbocycles. The number of para-hydroxylation sites is 1. The third-order valence-electron chi connectivity index (χ3n) is 10.5. The summed E-state index contributed by atoms with van der Waals surface area (Å²) in [6, 6.07) is 22.2. The molecular weight excluding hydrogens is 486 g/mol. The molecule has 0 spiro atoms. The monoisotopic (exact) mass is 523 g/mol. The van der Waals surface area contributed by atoms with E-state index in [9.17, 15) is 5.26 Å². The number of rotatable bonds is 3. The quantitative estimate of drug-likeness (QED) is 0.378. The molecule has 7 unspecified atom stereocenters. The van der Waals surface area contributed by atoms with E-state index in [-0.39, 0.29) is 5.92 Å². The minimum atomic E-state index is 0.0779. The molecule has 2 aromatic rings. The number of anilines is 2. The Labute approximate surface area is 238 Å². The van der Waals surface area contributed by atoms with Crippen molar-refractivity contribution in [3.8, 4) is 6.07 Å². The molecule has 7 atom stereocenters. The molecule has 3 nitrogen and oxygen atoms in total. The molecule has 2 aliphatic heterocycles. The zero-order valence-electron chi connectivity index (χ0n) is 23.1. The smallest absolute Gasteiger partial charge is 0.0675 e. The molecule has 2 heterocycles. The highest BCUT2D eigenvalue weighted by molar-refractivity contribution is 5.82. The van der Waals surface area contributed by atoms with Crippen LogP contribution < -0.4 is 4.90 Å². The van der Waals surface area contributed by atoms with E-state index in [1.54, 1.807) is 0 Å². The standard InChI is InChI=1S/C37H37N3/c38-24-26-11-1-5-19-33(26)40-36-22-8-4-16-31(36)32-18-10-17-28(37(32)40)25-12-9-13-27(23-25)39-34-20-6-2-14-29(34)30-15-3-7-21-35(30)39/h1-7,9,12-14,16-17,20-21,23,26,30-33,36-37H,8,10-11,15,18-19,22H2. The maximum atomic E-state index is 10.2. The second-order valence-corrected chi connectivity index (χ2v) is 12.4. The van der Waals surface area contributed by atoms with E-state index in [1.807, 2.05) is 0 Å². The molecule has 3 heteroatoms. The largest absolute Gasteiger partial charge is 0.313 e. The van der Waals surface area contributed by atoms with Crippen LogP contribution in [0.3, 0.4) is 0 Å². The Morgan fingerprint density at radius 2 is 1.77 bits per heavy atom. The minimum absolute atomic E-state index is 0.0779. The van der Waals surface area contributed by atoms with Crippen LogP contribution in [0.15, 0.2) is 103 Å². The molecule has 0 N–H and O–H groups in total. The summed E-state index contributed by atoms with van der Waals surface area (Å²) < 4.78 is 0. The van der Waals surface area contributed by atoms with Gasteiger partial charge in [0.2, 0.25) is 0 Å². The van der Waals surface area contributed by atoms with Crippen LogP contribution in [0.5, 0.6) is 0 Å². The Balaban J connectivity index is 1.21. The van der Waals surface area contributed by atoms with Crippen LogP contribution in [0.4, 0.5) is 11.4 Å².